The lowest BCUT2D eigenvalue weighted by Gasteiger charge is -2.06. The van der Waals surface area contributed by atoms with Crippen LogP contribution in [-0.4, -0.2) is 18.9 Å². The van der Waals surface area contributed by atoms with Gasteiger partial charge >= 0.3 is 0 Å². The second kappa shape index (κ2) is 5.04. The van der Waals surface area contributed by atoms with E-state index in [-0.39, 0.29) is 6.42 Å². The Hall–Kier alpha value is 0.200. The summed E-state index contributed by atoms with van der Waals surface area (Å²) in [4.78, 5) is 10.6. The first-order valence-corrected chi connectivity index (χ1v) is 6.27. The van der Waals surface area contributed by atoms with Crippen LogP contribution in [0.1, 0.15) is 26.2 Å². The van der Waals surface area contributed by atoms with Crippen LogP contribution in [0, 0.1) is 0 Å². The lowest BCUT2D eigenvalue weighted by atomic mass is 10.2. The van der Waals surface area contributed by atoms with Crippen LogP contribution >= 0.6 is 22.3 Å². The van der Waals surface area contributed by atoms with E-state index in [1.807, 2.05) is 6.92 Å². The molecule has 0 aliphatic heterocycles. The van der Waals surface area contributed by atoms with Crippen molar-refractivity contribution in [1.82, 2.24) is 0 Å². The molecule has 0 N–H and O–H groups in total. The average molecular weight is 233 g/mol. The summed E-state index contributed by atoms with van der Waals surface area (Å²) in [5.74, 6) is 0. The minimum Gasteiger partial charge on any atom is -0.280 e. The maximum Gasteiger partial charge on any atom is 0.243 e. The van der Waals surface area contributed by atoms with Crippen molar-refractivity contribution in [2.24, 2.45) is 0 Å². The lowest BCUT2D eigenvalue weighted by molar-refractivity contribution is -0.111. The highest BCUT2D eigenvalue weighted by atomic mass is 35.7. The van der Waals surface area contributed by atoms with Gasteiger partial charge in [-0.15, -0.1) is 0 Å². The molecule has 0 saturated carbocycles. The Morgan fingerprint density at radius 3 is 2.25 bits per heavy atom. The van der Waals surface area contributed by atoms with Gasteiger partial charge in [0, 0.05) is 10.7 Å². The number of carbonyl (C=O) groups excluding carboxylic acids is 1. The monoisotopic (exact) mass is 232 g/mol. The molecule has 0 aromatic rings. The molecule has 0 rings (SSSR count). The van der Waals surface area contributed by atoms with Gasteiger partial charge in [0.05, 0.1) is 0 Å². The fourth-order valence-corrected chi connectivity index (χ4v) is 2.53. The van der Waals surface area contributed by atoms with E-state index < -0.39 is 19.5 Å². The van der Waals surface area contributed by atoms with Gasteiger partial charge in [0.1, 0.15) is 5.25 Å². The number of hydrogen-bond acceptors (Lipinski definition) is 3. The highest BCUT2D eigenvalue weighted by molar-refractivity contribution is 8.14. The molecule has 0 amide bonds. The van der Waals surface area contributed by atoms with Crippen molar-refractivity contribution in [3.05, 3.63) is 0 Å². The molecule has 0 spiro atoms. The number of unbranched alkanes of at least 4 members (excludes halogenated alkanes) is 1. The predicted octanol–water partition coefficient (Wildman–Crippen LogP) is 1.88. The molecule has 0 bridgehead atoms. The van der Waals surface area contributed by atoms with E-state index in [0.29, 0.717) is 6.42 Å². The third-order valence-electron chi connectivity index (χ3n) is 1.41. The molecular formula is C6H10Cl2O3S. The van der Waals surface area contributed by atoms with E-state index in [4.69, 9.17) is 22.3 Å². The van der Waals surface area contributed by atoms with Crippen LogP contribution in [-0.2, 0) is 13.8 Å². The first-order chi connectivity index (χ1) is 5.39. The summed E-state index contributed by atoms with van der Waals surface area (Å²) < 4.78 is 21.5. The fourth-order valence-electron chi connectivity index (χ4n) is 0.754. The standard InChI is InChI=1S/C6H10Cl2O3S/c1-2-3-4-5(6(7)9)12(8,10)11/h5H,2-4H2,1H3. The molecule has 1 unspecified atom stereocenters. The molecule has 0 aliphatic rings. The smallest absolute Gasteiger partial charge is 0.243 e. The van der Waals surface area contributed by atoms with Gasteiger partial charge in [0.25, 0.3) is 0 Å². The maximum absolute atomic E-state index is 10.7. The fraction of sp³-hybridized carbons (Fsp3) is 0.833. The quantitative estimate of drug-likeness (QED) is 0.681. The SMILES string of the molecule is CCCCC(C(=O)Cl)S(=O)(=O)Cl. The Morgan fingerprint density at radius 1 is 1.50 bits per heavy atom. The summed E-state index contributed by atoms with van der Waals surface area (Å²) in [5, 5.41) is -2.15. The summed E-state index contributed by atoms with van der Waals surface area (Å²) in [6.07, 6.45) is 1.62. The van der Waals surface area contributed by atoms with E-state index in [2.05, 4.69) is 0 Å². The van der Waals surface area contributed by atoms with E-state index in [0.717, 1.165) is 6.42 Å². The minimum atomic E-state index is -3.85. The molecule has 72 valence electrons. The first kappa shape index (κ1) is 12.2. The molecule has 3 nitrogen and oxygen atoms in total. The van der Waals surface area contributed by atoms with Crippen molar-refractivity contribution in [2.75, 3.05) is 0 Å². The van der Waals surface area contributed by atoms with Crippen LogP contribution in [0.25, 0.3) is 0 Å². The molecule has 0 heterocycles. The number of carbonyl (C=O) groups is 1. The number of rotatable bonds is 5. The zero-order valence-electron chi connectivity index (χ0n) is 6.59. The van der Waals surface area contributed by atoms with Crippen molar-refractivity contribution in [1.29, 1.82) is 0 Å². The van der Waals surface area contributed by atoms with Crippen molar-refractivity contribution in [2.45, 2.75) is 31.4 Å². The molecule has 0 saturated heterocycles. The largest absolute Gasteiger partial charge is 0.280 e. The molecule has 0 aromatic heterocycles. The molecule has 6 heteroatoms. The second-order valence-electron chi connectivity index (χ2n) is 2.41. The Balaban J connectivity index is 4.36. The van der Waals surface area contributed by atoms with Crippen LogP contribution in [0.4, 0.5) is 0 Å². The normalized spacial score (nSPS) is 14.2. The third-order valence-corrected chi connectivity index (χ3v) is 3.58. The molecular weight excluding hydrogens is 223 g/mol. The van der Waals surface area contributed by atoms with E-state index >= 15 is 0 Å². The van der Waals surface area contributed by atoms with Crippen LogP contribution in [0.15, 0.2) is 0 Å². The van der Waals surface area contributed by atoms with Crippen LogP contribution in [0.3, 0.4) is 0 Å². The van der Waals surface area contributed by atoms with Gasteiger partial charge in [-0.05, 0) is 18.0 Å². The Kier molecular flexibility index (Phi) is 5.13. The topological polar surface area (TPSA) is 51.2 Å². The third kappa shape index (κ3) is 4.28. The molecule has 0 aromatic carbocycles. The Morgan fingerprint density at radius 2 is 2.00 bits per heavy atom. The summed E-state index contributed by atoms with van der Waals surface area (Å²) in [6.45, 7) is 1.89. The van der Waals surface area contributed by atoms with Gasteiger partial charge in [-0.3, -0.25) is 4.79 Å². The second-order valence-corrected chi connectivity index (χ2v) is 5.59. The molecule has 0 aliphatic carbocycles. The van der Waals surface area contributed by atoms with Gasteiger partial charge in [-0.1, -0.05) is 19.8 Å². The van der Waals surface area contributed by atoms with Gasteiger partial charge in [-0.25, -0.2) is 8.42 Å². The van der Waals surface area contributed by atoms with E-state index in [1.54, 1.807) is 0 Å². The number of halogens is 2. The molecule has 1 atom stereocenters. The minimum absolute atomic E-state index is 0.199. The zero-order chi connectivity index (χ0) is 9.78. The molecule has 12 heavy (non-hydrogen) atoms. The highest BCUT2D eigenvalue weighted by Gasteiger charge is 2.28. The van der Waals surface area contributed by atoms with Crippen LogP contribution < -0.4 is 0 Å². The van der Waals surface area contributed by atoms with Crippen molar-refractivity contribution < 1.29 is 13.2 Å². The van der Waals surface area contributed by atoms with Gasteiger partial charge < -0.3 is 0 Å². The van der Waals surface area contributed by atoms with Crippen molar-refractivity contribution >= 4 is 36.6 Å². The average Bonchev–Trinajstić information content (AvgIpc) is 1.84. The van der Waals surface area contributed by atoms with Crippen LogP contribution in [0.2, 0.25) is 0 Å². The molecule has 0 fully saturated rings. The van der Waals surface area contributed by atoms with Crippen LogP contribution in [0.5, 0.6) is 0 Å². The lowest BCUT2D eigenvalue weighted by Crippen LogP contribution is -2.22. The summed E-state index contributed by atoms with van der Waals surface area (Å²) >= 11 is 5.06. The molecule has 0 radical (unpaired) electrons. The summed E-state index contributed by atoms with van der Waals surface area (Å²) in [5.41, 5.74) is 0. The van der Waals surface area contributed by atoms with Crippen molar-refractivity contribution in [3.63, 3.8) is 0 Å². The van der Waals surface area contributed by atoms with Crippen molar-refractivity contribution in [3.8, 4) is 0 Å². The highest BCUT2D eigenvalue weighted by Crippen LogP contribution is 2.16. The zero-order valence-corrected chi connectivity index (χ0v) is 8.92. The number of hydrogen-bond donors (Lipinski definition) is 0. The Bertz CT molecular complexity index is 248. The predicted molar refractivity (Wildman–Crippen MR) is 48.9 cm³/mol. The van der Waals surface area contributed by atoms with E-state index in [1.165, 1.54) is 0 Å². The Labute approximate surface area is 81.5 Å². The summed E-state index contributed by atoms with van der Waals surface area (Å²) in [6, 6.07) is 0. The van der Waals surface area contributed by atoms with E-state index in [9.17, 15) is 13.2 Å². The van der Waals surface area contributed by atoms with Gasteiger partial charge in [-0.2, -0.15) is 0 Å². The van der Waals surface area contributed by atoms with Gasteiger partial charge in [0.2, 0.25) is 14.3 Å². The first-order valence-electron chi connectivity index (χ1n) is 3.52. The maximum atomic E-state index is 10.7. The van der Waals surface area contributed by atoms with Gasteiger partial charge in [0.15, 0.2) is 0 Å². The summed E-state index contributed by atoms with van der Waals surface area (Å²) in [7, 11) is 1.15.